The molecule has 2 aromatic rings. The van der Waals surface area contributed by atoms with Crippen LogP contribution in [-0.4, -0.2) is 22.0 Å². The minimum Gasteiger partial charge on any atom is -0.481 e. The van der Waals surface area contributed by atoms with Crippen molar-refractivity contribution in [1.29, 1.82) is 0 Å². The monoisotopic (exact) mass is 384 g/mol. The van der Waals surface area contributed by atoms with Crippen LogP contribution in [0.4, 0.5) is 5.13 Å². The Bertz CT molecular complexity index is 840. The van der Waals surface area contributed by atoms with Gasteiger partial charge in [0.25, 0.3) is 0 Å². The molecule has 0 radical (unpaired) electrons. The molecular formula is C21H24N2O3S. The molecule has 3 fully saturated rings. The van der Waals surface area contributed by atoms with Gasteiger partial charge in [-0.1, -0.05) is 37.3 Å². The zero-order chi connectivity index (χ0) is 19.0. The second kappa shape index (κ2) is 7.43. The molecule has 1 heterocycles. The predicted octanol–water partition coefficient (Wildman–Crippen LogP) is 4.45. The molecular weight excluding hydrogens is 360 g/mol. The number of nitrogens with one attached hydrogen (secondary N) is 1. The van der Waals surface area contributed by atoms with E-state index in [0.717, 1.165) is 48.2 Å². The number of anilines is 1. The maximum absolute atomic E-state index is 13.0. The molecule has 27 heavy (non-hydrogen) atoms. The maximum Gasteiger partial charge on any atom is 0.307 e. The van der Waals surface area contributed by atoms with Gasteiger partial charge in [0.05, 0.1) is 17.5 Å². The van der Waals surface area contributed by atoms with Gasteiger partial charge in [-0.25, -0.2) is 4.98 Å². The van der Waals surface area contributed by atoms with Crippen LogP contribution >= 0.6 is 11.3 Å². The van der Waals surface area contributed by atoms with Gasteiger partial charge in [-0.05, 0) is 43.9 Å². The number of carboxylic acids is 1. The maximum atomic E-state index is 13.0. The summed E-state index contributed by atoms with van der Waals surface area (Å²) in [6.07, 6.45) is 4.62. The summed E-state index contributed by atoms with van der Waals surface area (Å²) in [6, 6.07) is 9.94. The zero-order valence-corrected chi connectivity index (χ0v) is 16.2. The fraction of sp³-hybridized carbons (Fsp3) is 0.476. The summed E-state index contributed by atoms with van der Waals surface area (Å²) >= 11 is 1.49. The molecule has 2 bridgehead atoms. The van der Waals surface area contributed by atoms with E-state index in [-0.39, 0.29) is 17.7 Å². The number of rotatable bonds is 5. The Morgan fingerprint density at radius 1 is 1.11 bits per heavy atom. The van der Waals surface area contributed by atoms with Crippen LogP contribution in [0.2, 0.25) is 0 Å². The van der Waals surface area contributed by atoms with Crippen LogP contribution in [0.3, 0.4) is 0 Å². The molecule has 3 aliphatic carbocycles. The van der Waals surface area contributed by atoms with Crippen LogP contribution in [0.15, 0.2) is 30.3 Å². The summed E-state index contributed by atoms with van der Waals surface area (Å²) in [5.41, 5.74) is 1.93. The van der Waals surface area contributed by atoms with Gasteiger partial charge < -0.3 is 10.4 Å². The number of amides is 1. The number of aliphatic carboxylic acids is 1. The van der Waals surface area contributed by atoms with Crippen LogP contribution in [0.25, 0.3) is 11.3 Å². The Morgan fingerprint density at radius 3 is 2.33 bits per heavy atom. The molecule has 5 rings (SSSR count). The van der Waals surface area contributed by atoms with E-state index in [2.05, 4.69) is 17.2 Å². The summed E-state index contributed by atoms with van der Waals surface area (Å²) in [6.45, 7) is 2.08. The van der Waals surface area contributed by atoms with Crippen molar-refractivity contribution in [3.8, 4) is 11.3 Å². The predicted molar refractivity (Wildman–Crippen MR) is 106 cm³/mol. The van der Waals surface area contributed by atoms with Crippen molar-refractivity contribution in [2.45, 2.75) is 39.0 Å². The number of aromatic nitrogens is 1. The van der Waals surface area contributed by atoms with E-state index in [1.807, 2.05) is 30.3 Å². The van der Waals surface area contributed by atoms with Crippen LogP contribution in [0, 0.1) is 23.7 Å². The molecule has 142 valence electrons. The van der Waals surface area contributed by atoms with Crippen molar-refractivity contribution in [2.24, 2.45) is 23.7 Å². The lowest BCUT2D eigenvalue weighted by molar-refractivity contribution is -0.156. The van der Waals surface area contributed by atoms with Crippen LogP contribution < -0.4 is 5.32 Å². The number of hydrogen-bond donors (Lipinski definition) is 2. The Hall–Kier alpha value is -2.21. The van der Waals surface area contributed by atoms with E-state index in [9.17, 15) is 14.7 Å². The minimum absolute atomic E-state index is 0.130. The van der Waals surface area contributed by atoms with E-state index >= 15 is 0 Å². The molecule has 6 heteroatoms. The van der Waals surface area contributed by atoms with E-state index in [4.69, 9.17) is 0 Å². The van der Waals surface area contributed by atoms with Gasteiger partial charge >= 0.3 is 5.97 Å². The van der Waals surface area contributed by atoms with Crippen molar-refractivity contribution in [2.75, 3.05) is 5.32 Å². The number of carboxylic acid groups (broad SMARTS) is 1. The minimum atomic E-state index is -0.831. The fourth-order valence-electron chi connectivity index (χ4n) is 4.84. The highest BCUT2D eigenvalue weighted by Gasteiger charge is 2.50. The van der Waals surface area contributed by atoms with Gasteiger partial charge in [-0.3, -0.25) is 9.59 Å². The third kappa shape index (κ3) is 3.38. The van der Waals surface area contributed by atoms with Crippen molar-refractivity contribution in [3.05, 3.63) is 35.2 Å². The van der Waals surface area contributed by atoms with Crippen LogP contribution in [-0.2, 0) is 16.0 Å². The Kier molecular flexibility index (Phi) is 5.00. The second-order valence-corrected chi connectivity index (χ2v) is 8.65. The number of benzene rings is 1. The fourth-order valence-corrected chi connectivity index (χ4v) is 5.76. The lowest BCUT2D eigenvalue weighted by Crippen LogP contribution is -2.49. The number of carbonyl (C=O) groups is 2. The van der Waals surface area contributed by atoms with Gasteiger partial charge in [-0.15, -0.1) is 11.3 Å². The zero-order valence-electron chi connectivity index (χ0n) is 15.4. The smallest absolute Gasteiger partial charge is 0.307 e. The third-order valence-electron chi connectivity index (χ3n) is 6.10. The molecule has 0 spiro atoms. The van der Waals surface area contributed by atoms with Gasteiger partial charge in [0.15, 0.2) is 5.13 Å². The largest absolute Gasteiger partial charge is 0.481 e. The summed E-state index contributed by atoms with van der Waals surface area (Å²) in [5, 5.41) is 13.2. The van der Waals surface area contributed by atoms with Crippen LogP contribution in [0.5, 0.6) is 0 Å². The molecule has 1 aromatic carbocycles. The number of thiazole rings is 1. The van der Waals surface area contributed by atoms with Gasteiger partial charge in [0.1, 0.15) is 0 Å². The Morgan fingerprint density at radius 2 is 1.74 bits per heavy atom. The molecule has 0 aliphatic heterocycles. The first-order chi connectivity index (χ1) is 13.1. The summed E-state index contributed by atoms with van der Waals surface area (Å²) in [5.74, 6) is -1.70. The molecule has 2 atom stereocenters. The van der Waals surface area contributed by atoms with E-state index in [1.54, 1.807) is 0 Å². The van der Waals surface area contributed by atoms with Crippen molar-refractivity contribution in [3.63, 3.8) is 0 Å². The molecule has 5 nitrogen and oxygen atoms in total. The number of aryl methyl sites for hydroxylation is 1. The van der Waals surface area contributed by atoms with Gasteiger partial charge in [-0.2, -0.15) is 0 Å². The standard InChI is InChI=1S/C21H24N2O3S/c1-2-15-18(14-6-4-3-5-7-14)22-21(27-15)23-19(24)16-12-8-10-13(11-9-12)17(16)20(25)26/h3-7,12-13,16-17H,2,8-11H2,1H3,(H,25,26)(H,22,23,24)/t12?,13?,16-,17+/m1/s1. The van der Waals surface area contributed by atoms with E-state index in [1.165, 1.54) is 11.3 Å². The van der Waals surface area contributed by atoms with Gasteiger partial charge in [0, 0.05) is 10.4 Å². The quantitative estimate of drug-likeness (QED) is 0.798. The summed E-state index contributed by atoms with van der Waals surface area (Å²) in [7, 11) is 0. The first-order valence-electron chi connectivity index (χ1n) is 9.67. The lowest BCUT2D eigenvalue weighted by atomic mass is 9.58. The molecule has 0 unspecified atom stereocenters. The van der Waals surface area contributed by atoms with Crippen LogP contribution in [0.1, 0.15) is 37.5 Å². The topological polar surface area (TPSA) is 79.3 Å². The number of nitrogens with zero attached hydrogens (tertiary/aromatic N) is 1. The third-order valence-corrected chi connectivity index (χ3v) is 7.22. The van der Waals surface area contributed by atoms with E-state index in [0.29, 0.717) is 5.13 Å². The molecule has 3 aliphatic rings. The molecule has 2 N–H and O–H groups in total. The average molecular weight is 385 g/mol. The van der Waals surface area contributed by atoms with E-state index < -0.39 is 17.8 Å². The average Bonchev–Trinajstić information content (AvgIpc) is 3.11. The molecule has 0 saturated heterocycles. The lowest BCUT2D eigenvalue weighted by Gasteiger charge is -2.45. The highest BCUT2D eigenvalue weighted by molar-refractivity contribution is 7.16. The highest BCUT2D eigenvalue weighted by Crippen LogP contribution is 2.49. The first kappa shape index (κ1) is 18.2. The second-order valence-electron chi connectivity index (χ2n) is 7.56. The SMILES string of the molecule is CCc1sc(NC(=O)[C@@H]2C3CCC(CC3)[C@@H]2C(=O)O)nc1-c1ccccc1. The van der Waals surface area contributed by atoms with Gasteiger partial charge in [0.2, 0.25) is 5.91 Å². The first-order valence-corrected chi connectivity index (χ1v) is 10.5. The normalized spacial score (nSPS) is 26.7. The highest BCUT2D eigenvalue weighted by atomic mass is 32.1. The molecule has 3 saturated carbocycles. The molecule has 1 aromatic heterocycles. The Balaban J connectivity index is 1.58. The van der Waals surface area contributed by atoms with Crippen molar-refractivity contribution < 1.29 is 14.7 Å². The summed E-state index contributed by atoms with van der Waals surface area (Å²) in [4.78, 5) is 30.6. The summed E-state index contributed by atoms with van der Waals surface area (Å²) < 4.78 is 0. The van der Waals surface area contributed by atoms with Crippen molar-refractivity contribution in [1.82, 2.24) is 4.98 Å². The van der Waals surface area contributed by atoms with Crippen molar-refractivity contribution >= 4 is 28.3 Å². The number of fused-ring (bicyclic) bond motifs is 3. The number of hydrogen-bond acceptors (Lipinski definition) is 4. The molecule has 1 amide bonds. The Labute approximate surface area is 162 Å². The number of carbonyl (C=O) groups excluding carboxylic acids is 1.